The number of piperidine rings is 1. The van der Waals surface area contributed by atoms with Gasteiger partial charge in [0.15, 0.2) is 0 Å². The van der Waals surface area contributed by atoms with Gasteiger partial charge in [-0.1, -0.05) is 0 Å². The summed E-state index contributed by atoms with van der Waals surface area (Å²) in [5.74, 6) is -0.794. The van der Waals surface area contributed by atoms with Crippen molar-refractivity contribution in [2.24, 2.45) is 5.92 Å². The Labute approximate surface area is 198 Å². The predicted molar refractivity (Wildman–Crippen MR) is 128 cm³/mol. The second kappa shape index (κ2) is 11.0. The molecule has 10 heteroatoms. The molecule has 1 aromatic carbocycles. The standard InChI is InChI=1S/C24H29F2N7O/c1-31(2)10-11-34-20-12-19(25)22(17-4-5-21(26)30-14-17)23(18(20)13-27)33-8-6-16(7-9-33)24(29)32(3)15-28/h4-5,12,14-16,28-29H,6-11H2,1-3H3. The van der Waals surface area contributed by atoms with Crippen molar-refractivity contribution in [2.75, 3.05) is 52.3 Å². The van der Waals surface area contributed by atoms with E-state index in [0.717, 1.165) is 12.4 Å². The average Bonchev–Trinajstić information content (AvgIpc) is 2.83. The van der Waals surface area contributed by atoms with Crippen molar-refractivity contribution in [3.8, 4) is 22.9 Å². The van der Waals surface area contributed by atoms with Crippen molar-refractivity contribution in [3.05, 3.63) is 41.7 Å². The van der Waals surface area contributed by atoms with Crippen molar-refractivity contribution in [1.82, 2.24) is 14.8 Å². The second-order valence-electron chi connectivity index (χ2n) is 8.47. The van der Waals surface area contributed by atoms with Crippen LogP contribution in [-0.2, 0) is 0 Å². The van der Waals surface area contributed by atoms with E-state index in [1.165, 1.54) is 23.2 Å². The fraction of sp³-hybridized carbons (Fsp3) is 0.417. The molecule has 180 valence electrons. The van der Waals surface area contributed by atoms with Gasteiger partial charge in [-0.2, -0.15) is 9.65 Å². The number of nitriles is 1. The number of nitrogens with zero attached hydrogens (tertiary/aromatic N) is 5. The van der Waals surface area contributed by atoms with Gasteiger partial charge >= 0.3 is 0 Å². The van der Waals surface area contributed by atoms with Crippen LogP contribution in [0.2, 0.25) is 0 Å². The van der Waals surface area contributed by atoms with Gasteiger partial charge in [0.1, 0.15) is 35.6 Å². The van der Waals surface area contributed by atoms with Gasteiger partial charge in [0, 0.05) is 56.0 Å². The third-order valence-electron chi connectivity index (χ3n) is 5.91. The molecule has 2 N–H and O–H groups in total. The lowest BCUT2D eigenvalue weighted by Gasteiger charge is -2.36. The summed E-state index contributed by atoms with van der Waals surface area (Å²) >= 11 is 0. The van der Waals surface area contributed by atoms with Gasteiger partial charge in [-0.15, -0.1) is 0 Å². The van der Waals surface area contributed by atoms with Gasteiger partial charge < -0.3 is 19.4 Å². The van der Waals surface area contributed by atoms with E-state index in [-0.39, 0.29) is 29.4 Å². The van der Waals surface area contributed by atoms with E-state index >= 15 is 4.39 Å². The van der Waals surface area contributed by atoms with Crippen LogP contribution in [-0.4, -0.2) is 74.3 Å². The number of halogens is 2. The summed E-state index contributed by atoms with van der Waals surface area (Å²) in [5.41, 5.74) is 1.14. The Kier molecular flexibility index (Phi) is 8.12. The maximum Gasteiger partial charge on any atom is 0.212 e. The van der Waals surface area contributed by atoms with E-state index < -0.39 is 11.8 Å². The van der Waals surface area contributed by atoms with Gasteiger partial charge in [-0.3, -0.25) is 10.8 Å². The third kappa shape index (κ3) is 5.48. The van der Waals surface area contributed by atoms with E-state index in [0.29, 0.717) is 49.6 Å². The number of ether oxygens (including phenoxy) is 1. The summed E-state index contributed by atoms with van der Waals surface area (Å²) in [6, 6.07) is 6.00. The molecule has 0 saturated carbocycles. The summed E-state index contributed by atoms with van der Waals surface area (Å²) in [6.45, 7) is 1.85. The molecule has 1 aliphatic rings. The van der Waals surface area contributed by atoms with Crippen molar-refractivity contribution in [2.45, 2.75) is 12.8 Å². The molecule has 0 aliphatic carbocycles. The number of likely N-dealkylation sites (N-methyl/N-ethyl adjacent to an activating group) is 1. The lowest BCUT2D eigenvalue weighted by atomic mass is 9.92. The summed E-state index contributed by atoms with van der Waals surface area (Å²) in [5, 5.41) is 25.7. The minimum absolute atomic E-state index is 0.0475. The predicted octanol–water partition coefficient (Wildman–Crippen LogP) is 3.57. The van der Waals surface area contributed by atoms with Crippen LogP contribution in [0.5, 0.6) is 5.75 Å². The van der Waals surface area contributed by atoms with Crippen molar-refractivity contribution >= 4 is 17.9 Å². The number of benzene rings is 1. The summed E-state index contributed by atoms with van der Waals surface area (Å²) in [4.78, 5) is 8.98. The van der Waals surface area contributed by atoms with Crippen LogP contribution in [0.25, 0.3) is 11.1 Å². The van der Waals surface area contributed by atoms with E-state index in [9.17, 15) is 9.65 Å². The van der Waals surface area contributed by atoms with Gasteiger partial charge in [0.25, 0.3) is 0 Å². The van der Waals surface area contributed by atoms with Crippen LogP contribution in [0.15, 0.2) is 24.4 Å². The molecule has 3 rings (SSSR count). The first-order valence-electron chi connectivity index (χ1n) is 11.0. The Morgan fingerprint density at radius 2 is 2.00 bits per heavy atom. The van der Waals surface area contributed by atoms with Crippen LogP contribution in [0.4, 0.5) is 14.5 Å². The number of anilines is 1. The fourth-order valence-corrected chi connectivity index (χ4v) is 4.02. The lowest BCUT2D eigenvalue weighted by Crippen LogP contribution is -2.41. The highest BCUT2D eigenvalue weighted by Gasteiger charge is 2.30. The Morgan fingerprint density at radius 3 is 2.56 bits per heavy atom. The highest BCUT2D eigenvalue weighted by molar-refractivity contribution is 5.91. The monoisotopic (exact) mass is 469 g/mol. The van der Waals surface area contributed by atoms with E-state index in [1.807, 2.05) is 23.9 Å². The Bertz CT molecular complexity index is 1070. The van der Waals surface area contributed by atoms with Crippen LogP contribution >= 0.6 is 0 Å². The molecule has 0 amide bonds. The second-order valence-corrected chi connectivity index (χ2v) is 8.47. The molecular weight excluding hydrogens is 440 g/mol. The topological polar surface area (TPSA) is 103 Å². The number of hydrogen-bond donors (Lipinski definition) is 2. The van der Waals surface area contributed by atoms with Crippen molar-refractivity contribution in [3.63, 3.8) is 0 Å². The molecule has 0 radical (unpaired) electrons. The van der Waals surface area contributed by atoms with E-state index in [1.54, 1.807) is 7.05 Å². The first-order valence-corrected chi connectivity index (χ1v) is 11.0. The molecule has 0 atom stereocenters. The van der Waals surface area contributed by atoms with E-state index in [4.69, 9.17) is 15.6 Å². The zero-order valence-electron chi connectivity index (χ0n) is 19.6. The van der Waals surface area contributed by atoms with Gasteiger partial charge in [0.05, 0.1) is 12.0 Å². The number of aromatic nitrogens is 1. The van der Waals surface area contributed by atoms with Gasteiger partial charge in [-0.25, -0.2) is 9.37 Å². The minimum atomic E-state index is -0.676. The largest absolute Gasteiger partial charge is 0.491 e. The van der Waals surface area contributed by atoms with Crippen LogP contribution in [0, 0.1) is 39.8 Å². The highest BCUT2D eigenvalue weighted by Crippen LogP contribution is 2.42. The quantitative estimate of drug-likeness (QED) is 0.348. The summed E-state index contributed by atoms with van der Waals surface area (Å²) in [7, 11) is 5.45. The molecule has 1 fully saturated rings. The first kappa shape index (κ1) is 25.1. The molecule has 34 heavy (non-hydrogen) atoms. The number of pyridine rings is 1. The molecule has 1 aromatic heterocycles. The maximum absolute atomic E-state index is 15.5. The van der Waals surface area contributed by atoms with Crippen molar-refractivity contribution in [1.29, 1.82) is 16.1 Å². The van der Waals surface area contributed by atoms with Crippen LogP contribution < -0.4 is 9.64 Å². The maximum atomic E-state index is 15.5. The van der Waals surface area contributed by atoms with Crippen LogP contribution in [0.1, 0.15) is 18.4 Å². The molecule has 8 nitrogen and oxygen atoms in total. The molecule has 2 aromatic rings. The fourth-order valence-electron chi connectivity index (χ4n) is 4.02. The number of rotatable bonds is 8. The summed E-state index contributed by atoms with van der Waals surface area (Å²) < 4.78 is 34.7. The molecule has 1 saturated heterocycles. The Hall–Kier alpha value is -3.58. The number of amidine groups is 1. The van der Waals surface area contributed by atoms with Gasteiger partial charge in [0.2, 0.25) is 5.95 Å². The molecule has 1 aliphatic heterocycles. The zero-order valence-corrected chi connectivity index (χ0v) is 19.6. The average molecular weight is 470 g/mol. The normalized spacial score (nSPS) is 14.1. The molecule has 2 heterocycles. The Morgan fingerprint density at radius 1 is 1.29 bits per heavy atom. The number of nitrogens with one attached hydrogen (secondary N) is 2. The first-order chi connectivity index (χ1) is 16.3. The lowest BCUT2D eigenvalue weighted by molar-refractivity contribution is 0.260. The van der Waals surface area contributed by atoms with Gasteiger partial charge in [-0.05, 0) is 39.1 Å². The Balaban J connectivity index is 2.03. The molecular formula is C24H29F2N7O. The summed E-state index contributed by atoms with van der Waals surface area (Å²) in [6.07, 6.45) is 3.57. The zero-order chi connectivity index (χ0) is 24.8. The van der Waals surface area contributed by atoms with E-state index in [2.05, 4.69) is 11.1 Å². The molecule has 0 spiro atoms. The SMILES string of the molecule is CN(C)CCOc1cc(F)c(-c2ccc(F)nc2)c(N2CCC(C(=N)N(C)C=N)CC2)c1C#N. The smallest absolute Gasteiger partial charge is 0.212 e. The third-order valence-corrected chi connectivity index (χ3v) is 5.91. The van der Waals surface area contributed by atoms with Crippen LogP contribution in [0.3, 0.4) is 0 Å². The van der Waals surface area contributed by atoms with Crippen molar-refractivity contribution < 1.29 is 13.5 Å². The molecule has 0 unspecified atom stereocenters. The molecule has 0 bridgehead atoms. The minimum Gasteiger partial charge on any atom is -0.491 e. The highest BCUT2D eigenvalue weighted by atomic mass is 19.1. The number of hydrogen-bond acceptors (Lipinski definition) is 7.